The Hall–Kier alpha value is -2.04. The molecule has 0 atom stereocenters. The molecule has 0 spiro atoms. The van der Waals surface area contributed by atoms with Gasteiger partial charge in [0.05, 0.1) is 11.5 Å². The summed E-state index contributed by atoms with van der Waals surface area (Å²) in [6.07, 6.45) is 4.56. The fourth-order valence-corrected chi connectivity index (χ4v) is 3.76. The molecule has 27 heavy (non-hydrogen) atoms. The topological polar surface area (TPSA) is 76.6 Å². The molecule has 0 bridgehead atoms. The fourth-order valence-electron chi connectivity index (χ4n) is 3.01. The Balaban J connectivity index is 1.78. The van der Waals surface area contributed by atoms with E-state index in [2.05, 4.69) is 47.0 Å². The number of hydrogen-bond acceptors (Lipinski definition) is 5. The van der Waals surface area contributed by atoms with Crippen molar-refractivity contribution in [2.75, 3.05) is 6.61 Å². The zero-order valence-corrected chi connectivity index (χ0v) is 18.0. The second-order valence-electron chi connectivity index (χ2n) is 8.88. The van der Waals surface area contributed by atoms with Crippen LogP contribution in [0.5, 0.6) is 0 Å². The SMILES string of the molecule is Cc1ncc(-c2nnc(C)n2COCC[Si](C)(C)C)cc1CC1(C#N)CC1. The smallest absolute Gasteiger partial charge is 0.167 e. The lowest BCUT2D eigenvalue weighted by Crippen LogP contribution is -2.22. The van der Waals surface area contributed by atoms with Gasteiger partial charge in [-0.1, -0.05) is 19.6 Å². The summed E-state index contributed by atoms with van der Waals surface area (Å²) in [5.41, 5.74) is 2.85. The van der Waals surface area contributed by atoms with Crippen LogP contribution >= 0.6 is 0 Å². The molecule has 0 saturated heterocycles. The zero-order valence-electron chi connectivity index (χ0n) is 17.0. The lowest BCUT2D eigenvalue weighted by molar-refractivity contribution is 0.0867. The van der Waals surface area contributed by atoms with Crippen LogP contribution in [0, 0.1) is 30.6 Å². The monoisotopic (exact) mass is 383 g/mol. The minimum absolute atomic E-state index is 0.186. The Kier molecular flexibility index (Phi) is 5.49. The molecule has 2 heterocycles. The van der Waals surface area contributed by atoms with E-state index in [4.69, 9.17) is 4.74 Å². The molecule has 0 aliphatic heterocycles. The van der Waals surface area contributed by atoms with Crippen LogP contribution in [0.4, 0.5) is 0 Å². The van der Waals surface area contributed by atoms with Crippen molar-refractivity contribution in [1.82, 2.24) is 19.7 Å². The summed E-state index contributed by atoms with van der Waals surface area (Å²) in [4.78, 5) is 4.56. The highest BCUT2D eigenvalue weighted by Gasteiger charge is 2.43. The fraction of sp³-hybridized carbons (Fsp3) is 0.600. The molecule has 1 saturated carbocycles. The van der Waals surface area contributed by atoms with Gasteiger partial charge >= 0.3 is 0 Å². The van der Waals surface area contributed by atoms with E-state index in [1.165, 1.54) is 0 Å². The number of aromatic nitrogens is 4. The van der Waals surface area contributed by atoms with Gasteiger partial charge in [0, 0.05) is 32.1 Å². The first-order valence-corrected chi connectivity index (χ1v) is 13.3. The number of rotatable bonds is 8. The summed E-state index contributed by atoms with van der Waals surface area (Å²) in [6.45, 7) is 12.2. The molecule has 144 valence electrons. The Morgan fingerprint density at radius 1 is 1.26 bits per heavy atom. The molecule has 0 N–H and O–H groups in total. The first-order chi connectivity index (χ1) is 12.7. The molecule has 1 aliphatic rings. The molecule has 0 unspecified atom stereocenters. The van der Waals surface area contributed by atoms with E-state index in [9.17, 15) is 5.26 Å². The quantitative estimate of drug-likeness (QED) is 0.506. The summed E-state index contributed by atoms with van der Waals surface area (Å²) in [5, 5.41) is 18.0. The third kappa shape index (κ3) is 4.82. The highest BCUT2D eigenvalue weighted by Crippen LogP contribution is 2.48. The molecule has 2 aromatic heterocycles. The standard InChI is InChI=1S/C20H29N5OSi/c1-15-17(11-20(13-21)6-7-20)10-18(12-22-15)19-24-23-16(2)25(19)14-26-8-9-27(3,4)5/h10,12H,6-9,11,14H2,1-5H3. The van der Waals surface area contributed by atoms with E-state index in [0.29, 0.717) is 6.73 Å². The van der Waals surface area contributed by atoms with Gasteiger partial charge in [-0.2, -0.15) is 5.26 Å². The van der Waals surface area contributed by atoms with Gasteiger partial charge in [-0.05, 0) is 50.8 Å². The number of ether oxygens (including phenoxy) is 1. The van der Waals surface area contributed by atoms with Crippen LogP contribution in [-0.2, 0) is 17.9 Å². The molecule has 0 radical (unpaired) electrons. The van der Waals surface area contributed by atoms with Crippen LogP contribution in [0.25, 0.3) is 11.4 Å². The van der Waals surface area contributed by atoms with Gasteiger partial charge in [-0.25, -0.2) is 0 Å². The van der Waals surface area contributed by atoms with Crippen LogP contribution in [-0.4, -0.2) is 34.4 Å². The summed E-state index contributed by atoms with van der Waals surface area (Å²) in [7, 11) is -1.11. The molecule has 1 aliphatic carbocycles. The van der Waals surface area contributed by atoms with Crippen LogP contribution < -0.4 is 0 Å². The molecule has 6 nitrogen and oxygen atoms in total. The normalized spacial score (nSPS) is 15.6. The van der Waals surface area contributed by atoms with Gasteiger partial charge in [-0.15, -0.1) is 10.2 Å². The second-order valence-corrected chi connectivity index (χ2v) is 14.5. The predicted molar refractivity (Wildman–Crippen MR) is 108 cm³/mol. The number of nitrogens with zero attached hydrogens (tertiary/aromatic N) is 5. The zero-order chi connectivity index (χ0) is 19.7. The maximum absolute atomic E-state index is 9.41. The van der Waals surface area contributed by atoms with Crippen LogP contribution in [0.15, 0.2) is 12.3 Å². The Bertz CT molecular complexity index is 858. The Labute approximate surface area is 162 Å². The van der Waals surface area contributed by atoms with Gasteiger partial charge in [0.1, 0.15) is 12.6 Å². The molecule has 0 amide bonds. The summed E-state index contributed by atoms with van der Waals surface area (Å²) < 4.78 is 7.91. The average Bonchev–Trinajstić information content (AvgIpc) is 3.29. The van der Waals surface area contributed by atoms with Crippen molar-refractivity contribution in [3.8, 4) is 17.5 Å². The lowest BCUT2D eigenvalue weighted by atomic mass is 9.96. The van der Waals surface area contributed by atoms with Crippen molar-refractivity contribution in [3.05, 3.63) is 29.3 Å². The third-order valence-electron chi connectivity index (χ3n) is 5.22. The van der Waals surface area contributed by atoms with Crippen LogP contribution in [0.1, 0.15) is 29.9 Å². The van der Waals surface area contributed by atoms with Crippen molar-refractivity contribution >= 4 is 8.07 Å². The van der Waals surface area contributed by atoms with E-state index in [-0.39, 0.29) is 5.41 Å². The van der Waals surface area contributed by atoms with Crippen molar-refractivity contribution in [1.29, 1.82) is 5.26 Å². The first kappa shape index (κ1) is 19.7. The summed E-state index contributed by atoms with van der Waals surface area (Å²) in [5.74, 6) is 1.60. The highest BCUT2D eigenvalue weighted by molar-refractivity contribution is 6.76. The van der Waals surface area contributed by atoms with Crippen molar-refractivity contribution in [2.45, 2.75) is 65.5 Å². The number of hydrogen-bond donors (Lipinski definition) is 0. The molecule has 1 fully saturated rings. The first-order valence-electron chi connectivity index (χ1n) is 9.58. The van der Waals surface area contributed by atoms with Crippen molar-refractivity contribution < 1.29 is 4.74 Å². The number of pyridine rings is 1. The van der Waals surface area contributed by atoms with Crippen LogP contribution in [0.3, 0.4) is 0 Å². The predicted octanol–water partition coefficient (Wildman–Crippen LogP) is 4.12. The molecule has 0 aromatic carbocycles. The number of nitriles is 1. The molecular formula is C20H29N5OSi. The lowest BCUT2D eigenvalue weighted by Gasteiger charge is -2.16. The van der Waals surface area contributed by atoms with Gasteiger partial charge in [0.25, 0.3) is 0 Å². The van der Waals surface area contributed by atoms with E-state index in [0.717, 1.165) is 60.4 Å². The van der Waals surface area contributed by atoms with E-state index in [1.54, 1.807) is 0 Å². The minimum atomic E-state index is -1.11. The second kappa shape index (κ2) is 7.53. The van der Waals surface area contributed by atoms with Gasteiger partial charge in [0.2, 0.25) is 0 Å². The third-order valence-corrected chi connectivity index (χ3v) is 6.93. The maximum Gasteiger partial charge on any atom is 0.167 e. The van der Waals surface area contributed by atoms with Gasteiger partial charge in [0.15, 0.2) is 5.82 Å². The molecular weight excluding hydrogens is 354 g/mol. The maximum atomic E-state index is 9.41. The Morgan fingerprint density at radius 3 is 2.63 bits per heavy atom. The molecule has 7 heteroatoms. The van der Waals surface area contributed by atoms with Gasteiger partial charge in [-0.3, -0.25) is 9.55 Å². The van der Waals surface area contributed by atoms with Crippen molar-refractivity contribution in [2.24, 2.45) is 5.41 Å². The number of aryl methyl sites for hydroxylation is 2. The van der Waals surface area contributed by atoms with E-state index in [1.807, 2.05) is 24.6 Å². The summed E-state index contributed by atoms with van der Waals surface area (Å²) in [6, 6.07) is 5.72. The van der Waals surface area contributed by atoms with E-state index >= 15 is 0 Å². The summed E-state index contributed by atoms with van der Waals surface area (Å²) >= 11 is 0. The van der Waals surface area contributed by atoms with E-state index < -0.39 is 8.07 Å². The van der Waals surface area contributed by atoms with Gasteiger partial charge < -0.3 is 4.74 Å². The highest BCUT2D eigenvalue weighted by atomic mass is 28.3. The van der Waals surface area contributed by atoms with Crippen molar-refractivity contribution in [3.63, 3.8) is 0 Å². The van der Waals surface area contributed by atoms with Crippen LogP contribution in [0.2, 0.25) is 25.7 Å². The molecule has 2 aromatic rings. The average molecular weight is 384 g/mol. The molecule has 3 rings (SSSR count). The Morgan fingerprint density at radius 2 is 2.00 bits per heavy atom. The minimum Gasteiger partial charge on any atom is -0.361 e. The largest absolute Gasteiger partial charge is 0.361 e.